The molecule has 162 valence electrons. The Bertz CT molecular complexity index is 534. The molecule has 0 heterocycles. The van der Waals surface area contributed by atoms with Gasteiger partial charge in [-0.15, -0.1) is 24.0 Å². The topological polar surface area (TPSA) is 55.3 Å². The summed E-state index contributed by atoms with van der Waals surface area (Å²) in [5.74, 6) is 0.968. The molecule has 0 saturated heterocycles. The number of aliphatic imine (C=N–C) groups is 1. The maximum Gasteiger partial charge on any atom is 0.387 e. The molecule has 0 aliphatic carbocycles. The average molecular weight is 515 g/mol. The Labute approximate surface area is 183 Å². The number of nitrogens with zero attached hydrogens (tertiary/aromatic N) is 2. The van der Waals surface area contributed by atoms with E-state index in [-0.39, 0.29) is 29.7 Å². The van der Waals surface area contributed by atoms with Crippen molar-refractivity contribution in [1.82, 2.24) is 10.2 Å². The zero-order chi connectivity index (χ0) is 19.9. The standard InChI is InChI=1S/C19H31F2N3O3.HI/c1-4-22-19(23-11-5-6-12-26-14-13-25-3)24(2)15-16-7-9-17(10-8-16)27-18(20)21;/h7-10,18H,4-6,11-15H2,1-3H3,(H,22,23);1H. The van der Waals surface area contributed by atoms with Crippen LogP contribution in [0.4, 0.5) is 8.78 Å². The van der Waals surface area contributed by atoms with E-state index in [0.717, 1.165) is 30.9 Å². The molecule has 1 rings (SSSR count). The maximum absolute atomic E-state index is 12.2. The second kappa shape index (κ2) is 16.7. The SMILES string of the molecule is CCNC(=NCCCCOCCOC)N(C)Cc1ccc(OC(F)F)cc1.I. The van der Waals surface area contributed by atoms with Crippen molar-refractivity contribution in [2.75, 3.05) is 47.1 Å². The minimum absolute atomic E-state index is 0. The van der Waals surface area contributed by atoms with Crippen LogP contribution in [-0.4, -0.2) is 64.5 Å². The van der Waals surface area contributed by atoms with Gasteiger partial charge in [-0.3, -0.25) is 4.99 Å². The summed E-state index contributed by atoms with van der Waals surface area (Å²) in [5.41, 5.74) is 0.983. The van der Waals surface area contributed by atoms with Gasteiger partial charge in [0.2, 0.25) is 0 Å². The molecule has 1 N–H and O–H groups in total. The average Bonchev–Trinajstić information content (AvgIpc) is 2.64. The van der Waals surface area contributed by atoms with Crippen LogP contribution in [0, 0.1) is 0 Å². The first-order valence-electron chi connectivity index (χ1n) is 9.16. The van der Waals surface area contributed by atoms with Gasteiger partial charge in [0.15, 0.2) is 5.96 Å². The third-order valence-corrected chi connectivity index (χ3v) is 3.65. The number of guanidine groups is 1. The van der Waals surface area contributed by atoms with Gasteiger partial charge in [0.05, 0.1) is 13.2 Å². The van der Waals surface area contributed by atoms with E-state index in [0.29, 0.717) is 32.9 Å². The maximum atomic E-state index is 12.2. The second-order valence-corrected chi connectivity index (χ2v) is 5.93. The Kier molecular flexibility index (Phi) is 16.0. The van der Waals surface area contributed by atoms with Crippen molar-refractivity contribution in [2.24, 2.45) is 4.99 Å². The molecule has 0 aromatic heterocycles. The summed E-state index contributed by atoms with van der Waals surface area (Å²) < 4.78 is 39.1. The summed E-state index contributed by atoms with van der Waals surface area (Å²) >= 11 is 0. The number of nitrogens with one attached hydrogen (secondary N) is 1. The quantitative estimate of drug-likeness (QED) is 0.188. The first kappa shape index (κ1) is 26.8. The number of rotatable bonds is 13. The molecule has 0 amide bonds. The number of alkyl halides is 2. The van der Waals surface area contributed by atoms with Crippen LogP contribution >= 0.6 is 24.0 Å². The van der Waals surface area contributed by atoms with E-state index >= 15 is 0 Å². The van der Waals surface area contributed by atoms with Crippen LogP contribution in [0.1, 0.15) is 25.3 Å². The molecule has 0 radical (unpaired) electrons. The van der Waals surface area contributed by atoms with E-state index in [4.69, 9.17) is 9.47 Å². The third-order valence-electron chi connectivity index (χ3n) is 3.65. The Morgan fingerprint density at radius 3 is 2.46 bits per heavy atom. The molecule has 0 unspecified atom stereocenters. The molecule has 1 aromatic carbocycles. The number of ether oxygens (including phenoxy) is 3. The Balaban J connectivity index is 0.00000729. The zero-order valence-electron chi connectivity index (χ0n) is 16.8. The summed E-state index contributed by atoms with van der Waals surface area (Å²) in [6.45, 7) is 3.24. The van der Waals surface area contributed by atoms with Crippen molar-refractivity contribution in [3.8, 4) is 5.75 Å². The van der Waals surface area contributed by atoms with Crippen molar-refractivity contribution in [1.29, 1.82) is 0 Å². The smallest absolute Gasteiger partial charge is 0.387 e. The fourth-order valence-corrected chi connectivity index (χ4v) is 2.34. The number of halogens is 3. The van der Waals surface area contributed by atoms with E-state index in [1.807, 2.05) is 18.9 Å². The lowest BCUT2D eigenvalue weighted by Gasteiger charge is -2.22. The van der Waals surface area contributed by atoms with Gasteiger partial charge in [-0.1, -0.05) is 12.1 Å². The van der Waals surface area contributed by atoms with Crippen molar-refractivity contribution in [2.45, 2.75) is 32.9 Å². The molecule has 0 aliphatic heterocycles. The molecule has 0 aliphatic rings. The van der Waals surface area contributed by atoms with Gasteiger partial charge in [0.1, 0.15) is 5.75 Å². The molecule has 0 spiro atoms. The fourth-order valence-electron chi connectivity index (χ4n) is 2.34. The minimum Gasteiger partial charge on any atom is -0.435 e. The molecule has 9 heteroatoms. The molecule has 0 bridgehead atoms. The third kappa shape index (κ3) is 12.3. The van der Waals surface area contributed by atoms with Crippen LogP contribution < -0.4 is 10.1 Å². The fraction of sp³-hybridized carbons (Fsp3) is 0.632. The van der Waals surface area contributed by atoms with E-state index in [2.05, 4.69) is 15.0 Å². The number of hydrogen-bond donors (Lipinski definition) is 1. The summed E-state index contributed by atoms with van der Waals surface area (Å²) in [7, 11) is 3.60. The van der Waals surface area contributed by atoms with Crippen LogP contribution in [0.3, 0.4) is 0 Å². The van der Waals surface area contributed by atoms with Gasteiger partial charge in [-0.2, -0.15) is 8.78 Å². The summed E-state index contributed by atoms with van der Waals surface area (Å²) in [6.07, 6.45) is 1.89. The Morgan fingerprint density at radius 2 is 1.86 bits per heavy atom. The first-order valence-corrected chi connectivity index (χ1v) is 9.16. The summed E-state index contributed by atoms with van der Waals surface area (Å²) in [5, 5.41) is 3.26. The zero-order valence-corrected chi connectivity index (χ0v) is 19.2. The molecule has 6 nitrogen and oxygen atoms in total. The molecule has 1 aromatic rings. The first-order chi connectivity index (χ1) is 13.1. The number of unbranched alkanes of at least 4 members (excludes halogenated alkanes) is 1. The van der Waals surface area contributed by atoms with Crippen molar-refractivity contribution in [3.05, 3.63) is 29.8 Å². The van der Waals surface area contributed by atoms with E-state index in [9.17, 15) is 8.78 Å². The molecule has 0 atom stereocenters. The number of methoxy groups -OCH3 is 1. The second-order valence-electron chi connectivity index (χ2n) is 5.93. The molecule has 28 heavy (non-hydrogen) atoms. The lowest BCUT2D eigenvalue weighted by Crippen LogP contribution is -2.38. The van der Waals surface area contributed by atoms with Crippen LogP contribution in [-0.2, 0) is 16.0 Å². The Hall–Kier alpha value is -1.20. The lowest BCUT2D eigenvalue weighted by molar-refractivity contribution is -0.0498. The van der Waals surface area contributed by atoms with E-state index in [1.165, 1.54) is 0 Å². The molecule has 0 saturated carbocycles. The molecular weight excluding hydrogens is 483 g/mol. The summed E-state index contributed by atoms with van der Waals surface area (Å²) in [4.78, 5) is 6.63. The summed E-state index contributed by atoms with van der Waals surface area (Å²) in [6, 6.07) is 6.64. The van der Waals surface area contributed by atoms with Crippen molar-refractivity contribution < 1.29 is 23.0 Å². The molecular formula is C19H32F2IN3O3. The predicted molar refractivity (Wildman–Crippen MR) is 118 cm³/mol. The highest BCUT2D eigenvalue weighted by molar-refractivity contribution is 14.0. The van der Waals surface area contributed by atoms with Crippen LogP contribution in [0.15, 0.2) is 29.3 Å². The van der Waals surface area contributed by atoms with Gasteiger partial charge in [-0.05, 0) is 37.5 Å². The number of benzene rings is 1. The normalized spacial score (nSPS) is 11.3. The monoisotopic (exact) mass is 515 g/mol. The van der Waals surface area contributed by atoms with E-state index in [1.54, 1.807) is 31.4 Å². The largest absolute Gasteiger partial charge is 0.435 e. The van der Waals surface area contributed by atoms with Gasteiger partial charge >= 0.3 is 6.61 Å². The van der Waals surface area contributed by atoms with Crippen molar-refractivity contribution in [3.63, 3.8) is 0 Å². The van der Waals surface area contributed by atoms with Gasteiger partial charge < -0.3 is 24.4 Å². The van der Waals surface area contributed by atoms with E-state index < -0.39 is 6.61 Å². The van der Waals surface area contributed by atoms with Gasteiger partial charge in [0, 0.05) is 40.4 Å². The number of hydrogen-bond acceptors (Lipinski definition) is 4. The highest BCUT2D eigenvalue weighted by atomic mass is 127. The highest BCUT2D eigenvalue weighted by Gasteiger charge is 2.08. The van der Waals surface area contributed by atoms with Crippen molar-refractivity contribution >= 4 is 29.9 Å². The van der Waals surface area contributed by atoms with Crippen LogP contribution in [0.25, 0.3) is 0 Å². The highest BCUT2D eigenvalue weighted by Crippen LogP contribution is 2.15. The lowest BCUT2D eigenvalue weighted by atomic mass is 10.2. The Morgan fingerprint density at radius 1 is 1.14 bits per heavy atom. The minimum atomic E-state index is -2.81. The molecule has 0 fully saturated rings. The van der Waals surface area contributed by atoms with Crippen LogP contribution in [0.5, 0.6) is 5.75 Å². The van der Waals surface area contributed by atoms with Gasteiger partial charge in [-0.25, -0.2) is 0 Å². The van der Waals surface area contributed by atoms with Crippen LogP contribution in [0.2, 0.25) is 0 Å². The predicted octanol–water partition coefficient (Wildman–Crippen LogP) is 3.75. The van der Waals surface area contributed by atoms with Gasteiger partial charge in [0.25, 0.3) is 0 Å².